The number of ether oxygens (including phenoxy) is 3. The van der Waals surface area contributed by atoms with E-state index in [1.54, 1.807) is 19.9 Å². The predicted molar refractivity (Wildman–Crippen MR) is 132 cm³/mol. The number of esters is 1. The molecule has 5 aliphatic rings. The first-order valence-corrected chi connectivity index (χ1v) is 13.7. The van der Waals surface area contributed by atoms with Gasteiger partial charge >= 0.3 is 12.1 Å². The van der Waals surface area contributed by atoms with Crippen molar-refractivity contribution >= 4 is 17.9 Å². The third kappa shape index (κ3) is 3.71. The summed E-state index contributed by atoms with van der Waals surface area (Å²) in [6.45, 7) is 4.22. The van der Waals surface area contributed by atoms with Gasteiger partial charge in [-0.25, -0.2) is 18.4 Å². The third-order valence-corrected chi connectivity index (χ3v) is 10.5. The summed E-state index contributed by atoms with van der Waals surface area (Å²) in [5.74, 6) is -3.88. The lowest BCUT2D eigenvalue weighted by molar-refractivity contribution is -0.233. The second-order valence-corrected chi connectivity index (χ2v) is 12.3. The standard InChI is InChI=1S/C29H35F2NO7/c1-16-12-19-20-14-22(30)21-13-17(33)8-9-26(21,2)28(20,31)23(34)15-27(19,3)29(16,24(35)37-11-10-32)39-25(36)38-18-6-4-5-7-18/h8-9,13,16,18-20,22-23,34H,4-7,11-12,14-15H2,1-3H3/t16-,19+,20+,22+,23+,26+,27+,28?,29-/m1/s1. The summed E-state index contributed by atoms with van der Waals surface area (Å²) >= 11 is 0. The van der Waals surface area contributed by atoms with Crippen LogP contribution >= 0.6 is 0 Å². The number of carbonyl (C=O) groups is 3. The molecule has 0 aromatic heterocycles. The molecule has 0 spiro atoms. The Morgan fingerprint density at radius 1 is 1.21 bits per heavy atom. The van der Waals surface area contributed by atoms with E-state index in [0.717, 1.165) is 18.9 Å². The van der Waals surface area contributed by atoms with Gasteiger partial charge in [0.1, 0.15) is 18.3 Å². The Bertz CT molecular complexity index is 1170. The molecule has 39 heavy (non-hydrogen) atoms. The van der Waals surface area contributed by atoms with Crippen LogP contribution in [0.5, 0.6) is 0 Å². The van der Waals surface area contributed by atoms with Gasteiger partial charge in [0, 0.05) is 22.7 Å². The first kappa shape index (κ1) is 27.8. The molecule has 0 bridgehead atoms. The van der Waals surface area contributed by atoms with Crippen molar-refractivity contribution in [3.05, 3.63) is 23.8 Å². The Morgan fingerprint density at radius 3 is 2.56 bits per heavy atom. The van der Waals surface area contributed by atoms with Gasteiger partial charge < -0.3 is 19.3 Å². The van der Waals surface area contributed by atoms with Gasteiger partial charge in [-0.1, -0.05) is 19.9 Å². The molecule has 5 rings (SSSR count). The van der Waals surface area contributed by atoms with E-state index in [9.17, 15) is 19.5 Å². The van der Waals surface area contributed by atoms with Crippen molar-refractivity contribution < 1.29 is 42.5 Å². The van der Waals surface area contributed by atoms with Gasteiger partial charge in [0.05, 0.1) is 6.10 Å². The molecule has 1 unspecified atom stereocenters. The Hall–Kier alpha value is -2.80. The molecule has 0 aliphatic heterocycles. The SMILES string of the molecule is C[C@@H]1C[C@H]2[C@@H]3C[C@H](F)C4=CC(=O)C=C[C@]4(C)C3(F)[C@@H](O)C[C@]2(C)[C@]1(OC(=O)OC1CCCC1)C(=O)OCC#N. The van der Waals surface area contributed by atoms with Crippen LogP contribution < -0.4 is 0 Å². The molecule has 0 heterocycles. The molecule has 0 amide bonds. The van der Waals surface area contributed by atoms with Gasteiger partial charge in [-0.3, -0.25) is 4.79 Å². The van der Waals surface area contributed by atoms with Gasteiger partial charge in [-0.2, -0.15) is 5.26 Å². The molecule has 10 heteroatoms. The fourth-order valence-corrected chi connectivity index (χ4v) is 8.72. The van der Waals surface area contributed by atoms with Crippen LogP contribution in [-0.4, -0.2) is 59.3 Å². The van der Waals surface area contributed by atoms with Crippen LogP contribution in [0, 0.1) is 39.9 Å². The largest absolute Gasteiger partial charge is 0.509 e. The highest BCUT2D eigenvalue weighted by Gasteiger charge is 2.79. The van der Waals surface area contributed by atoms with Crippen molar-refractivity contribution in [2.75, 3.05) is 6.61 Å². The normalized spacial score (nSPS) is 44.9. The highest BCUT2D eigenvalue weighted by Crippen LogP contribution is 2.71. The number of halogens is 2. The summed E-state index contributed by atoms with van der Waals surface area (Å²) in [6, 6.07) is 1.74. The first-order valence-electron chi connectivity index (χ1n) is 13.7. The minimum atomic E-state index is -2.35. The fraction of sp³-hybridized carbons (Fsp3) is 0.724. The lowest BCUT2D eigenvalue weighted by Crippen LogP contribution is -2.71. The molecule has 5 aliphatic carbocycles. The average Bonchev–Trinajstić information content (AvgIpc) is 3.46. The summed E-state index contributed by atoms with van der Waals surface area (Å²) in [4.78, 5) is 38.8. The molecule has 8 nitrogen and oxygen atoms in total. The van der Waals surface area contributed by atoms with Crippen molar-refractivity contribution in [1.29, 1.82) is 5.26 Å². The number of alkyl halides is 2. The Kier molecular flexibility index (Phi) is 6.69. The molecule has 4 fully saturated rings. The quantitative estimate of drug-likeness (QED) is 0.512. The molecular weight excluding hydrogens is 512 g/mol. The molecule has 212 valence electrons. The number of ketones is 1. The van der Waals surface area contributed by atoms with Crippen LogP contribution in [0.15, 0.2) is 23.8 Å². The van der Waals surface area contributed by atoms with E-state index in [2.05, 4.69) is 0 Å². The molecule has 4 saturated carbocycles. The fourth-order valence-electron chi connectivity index (χ4n) is 8.72. The summed E-state index contributed by atoms with van der Waals surface area (Å²) in [5, 5.41) is 20.6. The van der Waals surface area contributed by atoms with Crippen molar-refractivity contribution in [2.45, 2.75) is 95.4 Å². The second kappa shape index (κ2) is 9.39. The van der Waals surface area contributed by atoms with E-state index < -0.39 is 76.6 Å². The predicted octanol–water partition coefficient (Wildman–Crippen LogP) is 4.45. The second-order valence-electron chi connectivity index (χ2n) is 12.3. The number of allylic oxidation sites excluding steroid dienone is 4. The zero-order valence-electron chi connectivity index (χ0n) is 22.5. The Labute approximate surface area is 226 Å². The number of aliphatic hydroxyl groups excluding tert-OH is 1. The molecule has 0 saturated heterocycles. The molecular formula is C29H35F2NO7. The summed E-state index contributed by atoms with van der Waals surface area (Å²) in [6.07, 6.45) is 1.63. The van der Waals surface area contributed by atoms with Crippen molar-refractivity contribution in [2.24, 2.45) is 28.6 Å². The molecule has 1 N–H and O–H groups in total. The number of nitriles is 1. The monoisotopic (exact) mass is 547 g/mol. The van der Waals surface area contributed by atoms with E-state index in [0.29, 0.717) is 12.8 Å². The van der Waals surface area contributed by atoms with Crippen LogP contribution in [0.2, 0.25) is 0 Å². The van der Waals surface area contributed by atoms with Gasteiger partial charge in [0.25, 0.3) is 0 Å². The minimum Gasteiger partial charge on any atom is -0.447 e. The zero-order chi connectivity index (χ0) is 28.4. The maximum Gasteiger partial charge on any atom is 0.509 e. The van der Waals surface area contributed by atoms with Crippen molar-refractivity contribution in [3.63, 3.8) is 0 Å². The van der Waals surface area contributed by atoms with Gasteiger partial charge in [0.2, 0.25) is 5.60 Å². The lowest BCUT2D eigenvalue weighted by atomic mass is 9.44. The van der Waals surface area contributed by atoms with Crippen molar-refractivity contribution in [1.82, 2.24) is 0 Å². The van der Waals surface area contributed by atoms with E-state index >= 15 is 8.78 Å². The number of aliphatic hydroxyl groups is 1. The van der Waals surface area contributed by atoms with E-state index in [4.69, 9.17) is 19.5 Å². The Morgan fingerprint density at radius 2 is 1.90 bits per heavy atom. The number of nitrogens with zero attached hydrogens (tertiary/aromatic N) is 1. The minimum absolute atomic E-state index is 0.00136. The smallest absolute Gasteiger partial charge is 0.447 e. The van der Waals surface area contributed by atoms with Gasteiger partial charge in [-0.15, -0.1) is 0 Å². The van der Waals surface area contributed by atoms with Crippen LogP contribution in [-0.2, 0) is 23.8 Å². The molecule has 9 atom stereocenters. The van der Waals surface area contributed by atoms with E-state index in [1.807, 2.05) is 0 Å². The number of carbonyl (C=O) groups excluding carboxylic acids is 3. The van der Waals surface area contributed by atoms with E-state index in [1.165, 1.54) is 19.1 Å². The number of hydrogen-bond acceptors (Lipinski definition) is 8. The highest BCUT2D eigenvalue weighted by atomic mass is 19.1. The highest BCUT2D eigenvalue weighted by molar-refractivity contribution is 6.01. The Balaban J connectivity index is 1.57. The molecule has 0 radical (unpaired) electrons. The third-order valence-electron chi connectivity index (χ3n) is 10.5. The van der Waals surface area contributed by atoms with E-state index in [-0.39, 0.29) is 30.9 Å². The average molecular weight is 548 g/mol. The lowest BCUT2D eigenvalue weighted by Gasteiger charge is -2.62. The summed E-state index contributed by atoms with van der Waals surface area (Å²) < 4.78 is 49.8. The van der Waals surface area contributed by atoms with Gasteiger partial charge in [0.15, 0.2) is 18.1 Å². The van der Waals surface area contributed by atoms with Crippen molar-refractivity contribution in [3.8, 4) is 6.07 Å². The van der Waals surface area contributed by atoms with Crippen LogP contribution in [0.1, 0.15) is 65.7 Å². The summed E-state index contributed by atoms with van der Waals surface area (Å²) in [7, 11) is 0. The first-order chi connectivity index (χ1) is 18.3. The molecule has 0 aromatic rings. The van der Waals surface area contributed by atoms with Crippen LogP contribution in [0.25, 0.3) is 0 Å². The van der Waals surface area contributed by atoms with Crippen LogP contribution in [0.3, 0.4) is 0 Å². The van der Waals surface area contributed by atoms with Gasteiger partial charge in [-0.05, 0) is 75.5 Å². The number of rotatable bonds is 4. The number of fused-ring (bicyclic) bond motifs is 5. The molecule has 0 aromatic carbocycles. The zero-order valence-corrected chi connectivity index (χ0v) is 22.5. The number of hydrogen-bond donors (Lipinski definition) is 1. The summed E-state index contributed by atoms with van der Waals surface area (Å²) in [5.41, 5.74) is -7.28. The topological polar surface area (TPSA) is 123 Å². The van der Waals surface area contributed by atoms with Crippen LogP contribution in [0.4, 0.5) is 13.6 Å². The maximum absolute atomic E-state index is 17.4. The maximum atomic E-state index is 17.4.